The number of thiophene rings is 1. The molecule has 284 valence electrons. The number of furan rings is 1. The fourth-order valence-corrected chi connectivity index (χ4v) is 12.5. The second kappa shape index (κ2) is 11.0. The normalized spacial score (nSPS) is 14.8. The molecule has 2 aliphatic heterocycles. The molecule has 3 aliphatic rings. The smallest absolute Gasteiger partial charge is 0.333 e. The zero-order valence-electron chi connectivity index (χ0n) is 34.1. The van der Waals surface area contributed by atoms with Gasteiger partial charge in [0.15, 0.2) is 0 Å². The van der Waals surface area contributed by atoms with Crippen molar-refractivity contribution in [3.8, 4) is 27.9 Å². The van der Waals surface area contributed by atoms with E-state index in [1.165, 1.54) is 109 Å². The Labute approximate surface area is 352 Å². The summed E-state index contributed by atoms with van der Waals surface area (Å²) in [6.45, 7) is 11.6. The Morgan fingerprint density at radius 2 is 1.32 bits per heavy atom. The molecule has 0 saturated heterocycles. The van der Waals surface area contributed by atoms with Crippen molar-refractivity contribution in [3.05, 3.63) is 162 Å². The molecule has 0 spiro atoms. The van der Waals surface area contributed by atoms with Crippen LogP contribution in [0, 0.1) is 0 Å². The molecule has 0 bridgehead atoms. The fourth-order valence-electron chi connectivity index (χ4n) is 11.4. The van der Waals surface area contributed by atoms with Crippen LogP contribution in [0.3, 0.4) is 0 Å². The van der Waals surface area contributed by atoms with Crippen LogP contribution in [-0.4, -0.2) is 11.4 Å². The van der Waals surface area contributed by atoms with Crippen molar-refractivity contribution in [1.29, 1.82) is 0 Å². The highest BCUT2D eigenvalue weighted by atomic mass is 32.1. The molecule has 0 atom stereocenters. The Balaban J connectivity index is 1.16. The predicted octanol–water partition coefficient (Wildman–Crippen LogP) is 13.9. The predicted molar refractivity (Wildman–Crippen MR) is 256 cm³/mol. The highest BCUT2D eigenvalue weighted by Crippen LogP contribution is 2.53. The minimum Gasteiger partial charge on any atom is -0.456 e. The summed E-state index contributed by atoms with van der Waals surface area (Å²) in [6.07, 6.45) is 0. The topological polar surface area (TPSA) is 21.3 Å². The van der Waals surface area contributed by atoms with E-state index in [2.05, 4.69) is 190 Å². The molecule has 1 aliphatic carbocycles. The van der Waals surface area contributed by atoms with Gasteiger partial charge in [-0.1, -0.05) is 120 Å². The second-order valence-corrected chi connectivity index (χ2v) is 20.0. The van der Waals surface area contributed by atoms with Gasteiger partial charge in [0.1, 0.15) is 11.2 Å². The van der Waals surface area contributed by atoms with Gasteiger partial charge in [-0.3, -0.25) is 0 Å². The highest BCUT2D eigenvalue weighted by Gasteiger charge is 2.45. The molecule has 3 aromatic heterocycles. The number of anilines is 2. The number of fused-ring (bicyclic) bond motifs is 17. The molecule has 0 fully saturated rings. The summed E-state index contributed by atoms with van der Waals surface area (Å²) in [5, 5.41) is 7.53. The highest BCUT2D eigenvalue weighted by molar-refractivity contribution is 7.25. The van der Waals surface area contributed by atoms with Crippen LogP contribution in [-0.2, 0) is 10.8 Å². The van der Waals surface area contributed by atoms with Crippen molar-refractivity contribution in [3.63, 3.8) is 0 Å². The number of hydrogen-bond donors (Lipinski definition) is 0. The SMILES string of the molecule is CC(C)(C)c1ccc(N2B3c4cc5oc6ccccc6c5cc4-n4c5cc6c(cc5c5ccc(c3c54)-c3cc4sc5ccccc5c4cc32)-c2ccccc2C6(C)C)cc1. The van der Waals surface area contributed by atoms with E-state index < -0.39 is 0 Å². The summed E-state index contributed by atoms with van der Waals surface area (Å²) < 4.78 is 12.0. The van der Waals surface area contributed by atoms with Gasteiger partial charge >= 0.3 is 6.85 Å². The van der Waals surface area contributed by atoms with Crippen LogP contribution >= 0.6 is 11.3 Å². The molecule has 0 N–H and O–H groups in total. The Kier molecular flexibility index (Phi) is 6.09. The van der Waals surface area contributed by atoms with E-state index in [1.807, 2.05) is 11.3 Å². The van der Waals surface area contributed by atoms with Gasteiger partial charge in [0.2, 0.25) is 0 Å². The molecule has 14 rings (SSSR count). The minimum atomic E-state index is -0.119. The summed E-state index contributed by atoms with van der Waals surface area (Å²) in [5.41, 5.74) is 20.0. The third kappa shape index (κ3) is 4.07. The average Bonchev–Trinajstić information content (AvgIpc) is 3.97. The van der Waals surface area contributed by atoms with Gasteiger partial charge in [-0.2, -0.15) is 0 Å². The Morgan fingerprint density at radius 3 is 2.17 bits per heavy atom. The first-order valence-corrected chi connectivity index (χ1v) is 22.0. The van der Waals surface area contributed by atoms with E-state index in [1.54, 1.807) is 0 Å². The van der Waals surface area contributed by atoms with Crippen molar-refractivity contribution in [2.45, 2.75) is 45.4 Å². The number of aromatic nitrogens is 1. The molecular formula is C55H39BN2OS. The lowest BCUT2D eigenvalue weighted by atomic mass is 9.44. The standard InChI is InChI=1S/C55H39BN2OS/c1-54(2,3)30-18-20-31(21-19-30)58-46-26-41-34-14-8-11-17-50(34)60-51(41)27-39(46)35-22-23-36-38-24-37-32-12-6-9-15-42(32)55(4,5)43(37)28-45(38)57-47-25-40-33-13-7-10-16-48(33)59-49(40)29-44(47)56(58)52(35)53(36)57/h6-29H,1-5H3. The summed E-state index contributed by atoms with van der Waals surface area (Å²) in [4.78, 5) is 2.66. The zero-order chi connectivity index (χ0) is 40.0. The van der Waals surface area contributed by atoms with Gasteiger partial charge in [0, 0.05) is 69.8 Å². The van der Waals surface area contributed by atoms with Gasteiger partial charge in [0.25, 0.3) is 0 Å². The fraction of sp³-hybridized carbons (Fsp3) is 0.127. The van der Waals surface area contributed by atoms with Gasteiger partial charge in [-0.15, -0.1) is 11.3 Å². The van der Waals surface area contributed by atoms with Crippen LogP contribution in [0.5, 0.6) is 0 Å². The van der Waals surface area contributed by atoms with E-state index in [0.717, 1.165) is 21.9 Å². The van der Waals surface area contributed by atoms with Crippen LogP contribution in [0.15, 0.2) is 150 Å². The molecular weight excluding hydrogens is 747 g/mol. The van der Waals surface area contributed by atoms with Crippen LogP contribution in [0.1, 0.15) is 51.3 Å². The number of hydrogen-bond acceptors (Lipinski definition) is 3. The maximum atomic E-state index is 6.75. The molecule has 0 radical (unpaired) electrons. The first kappa shape index (κ1) is 33.3. The van der Waals surface area contributed by atoms with E-state index in [0.29, 0.717) is 0 Å². The third-order valence-electron chi connectivity index (χ3n) is 14.3. The van der Waals surface area contributed by atoms with Gasteiger partial charge in [-0.25, -0.2) is 0 Å². The molecule has 5 heteroatoms. The Bertz CT molecular complexity index is 3740. The van der Waals surface area contributed by atoms with E-state index in [4.69, 9.17) is 4.42 Å². The molecule has 0 amide bonds. The molecule has 5 heterocycles. The van der Waals surface area contributed by atoms with Gasteiger partial charge in [0.05, 0.1) is 11.0 Å². The van der Waals surface area contributed by atoms with Crippen molar-refractivity contribution in [2.24, 2.45) is 0 Å². The lowest BCUT2D eigenvalue weighted by Gasteiger charge is -2.42. The molecule has 0 saturated carbocycles. The lowest BCUT2D eigenvalue weighted by Crippen LogP contribution is -2.60. The molecule has 60 heavy (non-hydrogen) atoms. The molecule has 11 aromatic rings. The van der Waals surface area contributed by atoms with Crippen molar-refractivity contribution in [1.82, 2.24) is 4.57 Å². The van der Waals surface area contributed by atoms with Crippen LogP contribution in [0.4, 0.5) is 11.4 Å². The van der Waals surface area contributed by atoms with E-state index in [9.17, 15) is 0 Å². The maximum Gasteiger partial charge on any atom is 0.333 e. The second-order valence-electron chi connectivity index (χ2n) is 18.9. The van der Waals surface area contributed by atoms with Gasteiger partial charge in [-0.05, 0) is 110 Å². The Hall–Kier alpha value is -6.56. The van der Waals surface area contributed by atoms with E-state index >= 15 is 0 Å². The average molecular weight is 787 g/mol. The van der Waals surface area contributed by atoms with Crippen LogP contribution in [0.2, 0.25) is 0 Å². The van der Waals surface area contributed by atoms with Crippen LogP contribution in [0.25, 0.3) is 91.9 Å². The monoisotopic (exact) mass is 786 g/mol. The molecule has 3 nitrogen and oxygen atoms in total. The zero-order valence-corrected chi connectivity index (χ0v) is 35.0. The number of nitrogens with zero attached hydrogens (tertiary/aromatic N) is 2. The quantitative estimate of drug-likeness (QED) is 0.155. The lowest BCUT2D eigenvalue weighted by molar-refractivity contribution is 0.590. The first-order valence-electron chi connectivity index (χ1n) is 21.2. The molecule has 0 unspecified atom stereocenters. The largest absolute Gasteiger partial charge is 0.456 e. The van der Waals surface area contributed by atoms with Crippen molar-refractivity contribution < 1.29 is 4.42 Å². The maximum absolute atomic E-state index is 6.75. The van der Waals surface area contributed by atoms with Crippen molar-refractivity contribution in [2.75, 3.05) is 4.81 Å². The first-order chi connectivity index (χ1) is 29.1. The summed E-state index contributed by atoms with van der Waals surface area (Å²) >= 11 is 1.90. The number of para-hydroxylation sites is 1. The van der Waals surface area contributed by atoms with Crippen molar-refractivity contribution >= 4 is 104 Å². The van der Waals surface area contributed by atoms with Crippen LogP contribution < -0.4 is 15.7 Å². The summed E-state index contributed by atoms with van der Waals surface area (Å²) in [6, 6.07) is 55.5. The number of benzene rings is 8. The summed E-state index contributed by atoms with van der Waals surface area (Å²) in [5.74, 6) is 0. The third-order valence-corrected chi connectivity index (χ3v) is 15.5. The molecule has 8 aromatic carbocycles. The minimum absolute atomic E-state index is 0.0412. The van der Waals surface area contributed by atoms with E-state index in [-0.39, 0.29) is 17.7 Å². The summed E-state index contributed by atoms with van der Waals surface area (Å²) in [7, 11) is 0. The Morgan fingerprint density at radius 1 is 0.550 bits per heavy atom. The van der Waals surface area contributed by atoms with Gasteiger partial charge < -0.3 is 13.8 Å². The number of rotatable bonds is 1.